The predicted molar refractivity (Wildman–Crippen MR) is 84.0 cm³/mol. The Balaban J connectivity index is 1.79. The second-order valence-corrected chi connectivity index (χ2v) is 6.05. The molecule has 1 aliphatic rings. The summed E-state index contributed by atoms with van der Waals surface area (Å²) in [7, 11) is 0. The smallest absolute Gasteiger partial charge is 0.165 e. The fourth-order valence-corrected chi connectivity index (χ4v) is 3.41. The summed E-state index contributed by atoms with van der Waals surface area (Å²) < 4.78 is 0. The molecule has 0 atom stereocenters. The zero-order valence-electron chi connectivity index (χ0n) is 12.1. The average molecular weight is 266 g/mol. The molecule has 1 heteroatoms. The van der Waals surface area contributed by atoms with Crippen LogP contribution in [0, 0.1) is 11.8 Å². The fraction of sp³-hybridized carbons (Fsp3) is 0.421. The van der Waals surface area contributed by atoms with Gasteiger partial charge in [-0.2, -0.15) is 0 Å². The molecule has 20 heavy (non-hydrogen) atoms. The minimum absolute atomic E-state index is 0.249. The molecule has 0 amide bonds. The van der Waals surface area contributed by atoms with Gasteiger partial charge in [-0.05, 0) is 48.4 Å². The minimum Gasteiger partial charge on any atom is -0.294 e. The monoisotopic (exact) mass is 266 g/mol. The molecular weight excluding hydrogens is 244 g/mol. The van der Waals surface area contributed by atoms with Crippen molar-refractivity contribution in [2.24, 2.45) is 11.8 Å². The molecule has 104 valence electrons. The van der Waals surface area contributed by atoms with E-state index in [1.54, 1.807) is 0 Å². The van der Waals surface area contributed by atoms with E-state index in [-0.39, 0.29) is 5.92 Å². The van der Waals surface area contributed by atoms with Crippen molar-refractivity contribution < 1.29 is 4.79 Å². The van der Waals surface area contributed by atoms with Crippen molar-refractivity contribution in [1.29, 1.82) is 0 Å². The van der Waals surface area contributed by atoms with Crippen LogP contribution in [-0.2, 0) is 0 Å². The third kappa shape index (κ3) is 2.63. The van der Waals surface area contributed by atoms with Gasteiger partial charge in [0.2, 0.25) is 0 Å². The number of hydrogen-bond acceptors (Lipinski definition) is 1. The topological polar surface area (TPSA) is 17.1 Å². The lowest BCUT2D eigenvalue weighted by Gasteiger charge is -2.26. The van der Waals surface area contributed by atoms with Gasteiger partial charge in [-0.1, -0.05) is 49.7 Å². The van der Waals surface area contributed by atoms with Gasteiger partial charge >= 0.3 is 0 Å². The molecule has 0 saturated heterocycles. The van der Waals surface area contributed by atoms with Gasteiger partial charge in [-0.3, -0.25) is 4.79 Å². The lowest BCUT2D eigenvalue weighted by molar-refractivity contribution is 0.0871. The van der Waals surface area contributed by atoms with Crippen LogP contribution in [0.1, 0.15) is 49.4 Å². The second kappa shape index (κ2) is 5.78. The third-order valence-corrected chi connectivity index (χ3v) is 4.83. The Morgan fingerprint density at radius 1 is 1.00 bits per heavy atom. The molecule has 0 N–H and O–H groups in total. The molecule has 0 bridgehead atoms. The van der Waals surface area contributed by atoms with Gasteiger partial charge in [0.05, 0.1) is 0 Å². The molecule has 0 unspecified atom stereocenters. The van der Waals surface area contributed by atoms with Crippen LogP contribution in [0.3, 0.4) is 0 Å². The fourth-order valence-electron chi connectivity index (χ4n) is 3.41. The SMILES string of the molecule is CCC1CCC(C(=O)c2ccc3ccccc3c2)CC1. The third-order valence-electron chi connectivity index (χ3n) is 4.83. The predicted octanol–water partition coefficient (Wildman–Crippen LogP) is 5.24. The van der Waals surface area contributed by atoms with Crippen molar-refractivity contribution in [3.05, 3.63) is 48.0 Å². The first kappa shape index (κ1) is 13.4. The zero-order valence-corrected chi connectivity index (χ0v) is 12.1. The quantitative estimate of drug-likeness (QED) is 0.694. The van der Waals surface area contributed by atoms with Gasteiger partial charge < -0.3 is 0 Å². The van der Waals surface area contributed by atoms with Crippen LogP contribution >= 0.6 is 0 Å². The Hall–Kier alpha value is -1.63. The molecule has 0 spiro atoms. The number of ketones is 1. The number of rotatable bonds is 3. The number of Topliss-reactive ketones (excluding diaryl/α,β-unsaturated/α-hetero) is 1. The molecule has 0 radical (unpaired) electrons. The standard InChI is InChI=1S/C19H22O/c1-2-14-7-9-16(10-8-14)19(20)18-12-11-15-5-3-4-6-17(15)13-18/h3-6,11-14,16H,2,7-10H2,1H3. The Labute approximate surface area is 121 Å². The highest BCUT2D eigenvalue weighted by Gasteiger charge is 2.26. The summed E-state index contributed by atoms with van der Waals surface area (Å²) in [5, 5.41) is 2.37. The van der Waals surface area contributed by atoms with Crippen LogP contribution < -0.4 is 0 Å². The van der Waals surface area contributed by atoms with Crippen LogP contribution in [0.25, 0.3) is 10.8 Å². The van der Waals surface area contributed by atoms with Gasteiger partial charge in [-0.15, -0.1) is 0 Å². The highest BCUT2D eigenvalue weighted by molar-refractivity contribution is 6.01. The molecule has 1 saturated carbocycles. The molecule has 3 rings (SSSR count). The summed E-state index contributed by atoms with van der Waals surface area (Å²) in [6.07, 6.45) is 5.85. The van der Waals surface area contributed by atoms with Crippen molar-refractivity contribution in [3.8, 4) is 0 Å². The largest absolute Gasteiger partial charge is 0.294 e. The van der Waals surface area contributed by atoms with E-state index < -0.39 is 0 Å². The second-order valence-electron chi connectivity index (χ2n) is 6.05. The summed E-state index contributed by atoms with van der Waals surface area (Å²) >= 11 is 0. The molecule has 2 aromatic rings. The van der Waals surface area contributed by atoms with Crippen molar-refractivity contribution in [2.45, 2.75) is 39.0 Å². The zero-order chi connectivity index (χ0) is 13.9. The van der Waals surface area contributed by atoms with Crippen molar-refractivity contribution in [1.82, 2.24) is 0 Å². The number of carbonyl (C=O) groups excluding carboxylic acids is 1. The number of carbonyl (C=O) groups is 1. The van der Waals surface area contributed by atoms with Crippen LogP contribution in [0.2, 0.25) is 0 Å². The first-order valence-electron chi connectivity index (χ1n) is 7.81. The molecule has 0 aliphatic heterocycles. The summed E-state index contributed by atoms with van der Waals surface area (Å²) in [6, 6.07) is 14.4. The normalized spacial score (nSPS) is 22.9. The molecular formula is C19H22O. The van der Waals surface area contributed by atoms with E-state index >= 15 is 0 Å². The number of hydrogen-bond donors (Lipinski definition) is 0. The first-order chi connectivity index (χ1) is 9.78. The van der Waals surface area contributed by atoms with Crippen LogP contribution in [0.15, 0.2) is 42.5 Å². The molecule has 2 aromatic carbocycles. The van der Waals surface area contributed by atoms with Gasteiger partial charge in [0.1, 0.15) is 0 Å². The highest BCUT2D eigenvalue weighted by Crippen LogP contribution is 2.33. The maximum atomic E-state index is 12.6. The maximum Gasteiger partial charge on any atom is 0.165 e. The van der Waals surface area contributed by atoms with E-state index in [1.165, 1.54) is 30.0 Å². The Bertz CT molecular complexity index is 606. The maximum absolute atomic E-state index is 12.6. The van der Waals surface area contributed by atoms with E-state index in [9.17, 15) is 4.79 Å². The van der Waals surface area contributed by atoms with Gasteiger partial charge in [0, 0.05) is 11.5 Å². The van der Waals surface area contributed by atoms with Crippen LogP contribution in [-0.4, -0.2) is 5.78 Å². The minimum atomic E-state index is 0.249. The number of benzene rings is 2. The van der Waals surface area contributed by atoms with Crippen molar-refractivity contribution in [2.75, 3.05) is 0 Å². The van der Waals surface area contributed by atoms with Crippen LogP contribution in [0.4, 0.5) is 0 Å². The first-order valence-corrected chi connectivity index (χ1v) is 7.81. The van der Waals surface area contributed by atoms with Gasteiger partial charge in [0.15, 0.2) is 5.78 Å². The highest BCUT2D eigenvalue weighted by atomic mass is 16.1. The van der Waals surface area contributed by atoms with Crippen molar-refractivity contribution in [3.63, 3.8) is 0 Å². The Kier molecular flexibility index (Phi) is 3.86. The molecule has 0 heterocycles. The van der Waals surface area contributed by atoms with E-state index in [2.05, 4.69) is 31.2 Å². The summed E-state index contributed by atoms with van der Waals surface area (Å²) in [4.78, 5) is 12.6. The van der Waals surface area contributed by atoms with Gasteiger partial charge in [0.25, 0.3) is 0 Å². The Morgan fingerprint density at radius 3 is 2.40 bits per heavy atom. The van der Waals surface area contributed by atoms with E-state index in [0.29, 0.717) is 5.78 Å². The average Bonchev–Trinajstić information content (AvgIpc) is 2.54. The molecule has 1 fully saturated rings. The molecule has 1 aliphatic carbocycles. The summed E-state index contributed by atoms with van der Waals surface area (Å²) in [6.45, 7) is 2.26. The lowest BCUT2D eigenvalue weighted by Crippen LogP contribution is -2.21. The van der Waals surface area contributed by atoms with Crippen molar-refractivity contribution >= 4 is 16.6 Å². The molecule has 1 nitrogen and oxygen atoms in total. The number of fused-ring (bicyclic) bond motifs is 1. The Morgan fingerprint density at radius 2 is 1.70 bits per heavy atom. The molecule has 0 aromatic heterocycles. The van der Waals surface area contributed by atoms with Gasteiger partial charge in [-0.25, -0.2) is 0 Å². The van der Waals surface area contributed by atoms with E-state index in [4.69, 9.17) is 0 Å². The van der Waals surface area contributed by atoms with E-state index in [0.717, 1.165) is 24.3 Å². The summed E-state index contributed by atoms with van der Waals surface area (Å²) in [5.41, 5.74) is 0.892. The lowest BCUT2D eigenvalue weighted by atomic mass is 9.77. The summed E-state index contributed by atoms with van der Waals surface area (Å²) in [5.74, 6) is 1.44. The van der Waals surface area contributed by atoms with E-state index in [1.807, 2.05) is 18.2 Å². The van der Waals surface area contributed by atoms with Crippen LogP contribution in [0.5, 0.6) is 0 Å².